The Morgan fingerprint density at radius 1 is 1.09 bits per heavy atom. The van der Waals surface area contributed by atoms with Crippen LogP contribution in [0.15, 0.2) is 22.8 Å². The molecular formula is C16H25N3O3S. The summed E-state index contributed by atoms with van der Waals surface area (Å²) in [6.07, 6.45) is 6.05. The number of piperazine rings is 1. The van der Waals surface area contributed by atoms with Crippen molar-refractivity contribution in [3.63, 3.8) is 0 Å². The Balaban J connectivity index is 1.43. The van der Waals surface area contributed by atoms with E-state index in [0.29, 0.717) is 19.6 Å². The van der Waals surface area contributed by atoms with Crippen molar-refractivity contribution in [3.05, 3.63) is 24.2 Å². The molecule has 0 amide bonds. The Hall–Kier alpha value is -0.890. The van der Waals surface area contributed by atoms with Crippen molar-refractivity contribution < 1.29 is 12.8 Å². The highest BCUT2D eigenvalue weighted by Crippen LogP contribution is 2.36. The highest BCUT2D eigenvalue weighted by atomic mass is 32.2. The van der Waals surface area contributed by atoms with E-state index in [1.54, 1.807) is 14.9 Å². The quantitative estimate of drug-likeness (QED) is 0.819. The second kappa shape index (κ2) is 6.20. The van der Waals surface area contributed by atoms with Crippen LogP contribution in [0.4, 0.5) is 0 Å². The molecule has 0 N–H and O–H groups in total. The van der Waals surface area contributed by atoms with Gasteiger partial charge in [-0.3, -0.25) is 0 Å². The molecule has 0 bridgehead atoms. The van der Waals surface area contributed by atoms with Gasteiger partial charge in [0.2, 0.25) is 0 Å². The van der Waals surface area contributed by atoms with Gasteiger partial charge in [0.05, 0.1) is 12.3 Å². The molecule has 1 aromatic heterocycles. The van der Waals surface area contributed by atoms with Crippen LogP contribution in [0.1, 0.15) is 37.5 Å². The molecule has 0 unspecified atom stereocenters. The fourth-order valence-corrected chi connectivity index (χ4v) is 5.55. The summed E-state index contributed by atoms with van der Waals surface area (Å²) >= 11 is 0. The van der Waals surface area contributed by atoms with Gasteiger partial charge in [-0.25, -0.2) is 0 Å². The highest BCUT2D eigenvalue weighted by Gasteiger charge is 2.41. The fraction of sp³-hybridized carbons (Fsp3) is 0.750. The minimum Gasteiger partial charge on any atom is -0.468 e. The third-order valence-corrected chi connectivity index (χ3v) is 7.29. The molecule has 2 saturated heterocycles. The topological polar surface area (TPSA) is 57.0 Å². The number of furan rings is 1. The van der Waals surface area contributed by atoms with E-state index in [2.05, 4.69) is 4.90 Å². The Morgan fingerprint density at radius 3 is 2.52 bits per heavy atom. The molecule has 3 heterocycles. The summed E-state index contributed by atoms with van der Waals surface area (Å²) in [5, 5.41) is 0. The standard InChI is InChI=1S/C16H25N3O3S/c20-23(21,18-10-8-17(9-11-18)13-14-5-6-14)19-7-1-3-15(19)16-4-2-12-22-16/h2,4,12,14-15H,1,3,5-11,13H2/t15-/m0/s1. The third-order valence-electron chi connectivity index (χ3n) is 5.24. The van der Waals surface area contributed by atoms with Gasteiger partial charge in [0, 0.05) is 39.3 Å². The van der Waals surface area contributed by atoms with Gasteiger partial charge in [0.15, 0.2) is 0 Å². The van der Waals surface area contributed by atoms with Crippen LogP contribution in [0, 0.1) is 5.92 Å². The van der Waals surface area contributed by atoms with Crippen molar-refractivity contribution in [2.45, 2.75) is 31.7 Å². The van der Waals surface area contributed by atoms with Crippen LogP contribution in [-0.4, -0.2) is 61.2 Å². The molecule has 1 saturated carbocycles. The molecule has 3 fully saturated rings. The van der Waals surface area contributed by atoms with Gasteiger partial charge in [-0.05, 0) is 43.7 Å². The molecular weight excluding hydrogens is 314 g/mol. The van der Waals surface area contributed by atoms with Crippen LogP contribution in [0.3, 0.4) is 0 Å². The average molecular weight is 339 g/mol. The zero-order valence-corrected chi connectivity index (χ0v) is 14.2. The van der Waals surface area contributed by atoms with Crippen LogP contribution in [0.2, 0.25) is 0 Å². The van der Waals surface area contributed by atoms with Crippen molar-refractivity contribution in [3.8, 4) is 0 Å². The maximum atomic E-state index is 13.0. The molecule has 7 heteroatoms. The summed E-state index contributed by atoms with van der Waals surface area (Å²) in [6, 6.07) is 3.57. The molecule has 6 nitrogen and oxygen atoms in total. The molecule has 128 valence electrons. The molecule has 3 aliphatic rings. The van der Waals surface area contributed by atoms with Crippen LogP contribution < -0.4 is 0 Å². The Kier molecular flexibility index (Phi) is 4.21. The van der Waals surface area contributed by atoms with E-state index in [9.17, 15) is 8.42 Å². The summed E-state index contributed by atoms with van der Waals surface area (Å²) in [4.78, 5) is 2.41. The van der Waals surface area contributed by atoms with E-state index in [4.69, 9.17) is 4.42 Å². The largest absolute Gasteiger partial charge is 0.468 e. The lowest BCUT2D eigenvalue weighted by Gasteiger charge is -2.37. The Morgan fingerprint density at radius 2 is 1.87 bits per heavy atom. The predicted molar refractivity (Wildman–Crippen MR) is 87.0 cm³/mol. The van der Waals surface area contributed by atoms with Crippen LogP contribution in [-0.2, 0) is 10.2 Å². The molecule has 4 rings (SSSR count). The van der Waals surface area contributed by atoms with Gasteiger partial charge in [0.25, 0.3) is 10.2 Å². The molecule has 1 aliphatic carbocycles. The van der Waals surface area contributed by atoms with Crippen LogP contribution in [0.5, 0.6) is 0 Å². The summed E-state index contributed by atoms with van der Waals surface area (Å²) < 4.78 is 34.8. The van der Waals surface area contributed by atoms with Crippen LogP contribution in [0.25, 0.3) is 0 Å². The van der Waals surface area contributed by atoms with Gasteiger partial charge < -0.3 is 9.32 Å². The number of nitrogens with zero attached hydrogens (tertiary/aromatic N) is 3. The first kappa shape index (κ1) is 15.6. The first-order valence-electron chi connectivity index (χ1n) is 8.67. The molecule has 1 aromatic rings. The minimum absolute atomic E-state index is 0.139. The lowest BCUT2D eigenvalue weighted by molar-refractivity contribution is 0.173. The summed E-state index contributed by atoms with van der Waals surface area (Å²) in [6.45, 7) is 4.67. The second-order valence-corrected chi connectivity index (χ2v) is 8.82. The summed E-state index contributed by atoms with van der Waals surface area (Å²) in [7, 11) is -3.39. The predicted octanol–water partition coefficient (Wildman–Crippen LogP) is 1.69. The summed E-state index contributed by atoms with van der Waals surface area (Å²) in [5.74, 6) is 1.62. The van der Waals surface area contributed by atoms with Gasteiger partial charge in [-0.1, -0.05) is 0 Å². The second-order valence-electron chi connectivity index (χ2n) is 6.93. The van der Waals surface area contributed by atoms with Crippen molar-refractivity contribution >= 4 is 10.2 Å². The maximum Gasteiger partial charge on any atom is 0.282 e. The van der Waals surface area contributed by atoms with Crippen molar-refractivity contribution in [1.29, 1.82) is 0 Å². The average Bonchev–Trinajstić information content (AvgIpc) is 3.05. The fourth-order valence-electron chi connectivity index (χ4n) is 3.74. The molecule has 0 radical (unpaired) electrons. The lowest BCUT2D eigenvalue weighted by atomic mass is 10.2. The van der Waals surface area contributed by atoms with E-state index in [0.717, 1.165) is 44.2 Å². The van der Waals surface area contributed by atoms with Crippen molar-refractivity contribution in [2.75, 3.05) is 39.3 Å². The number of hydrogen-bond acceptors (Lipinski definition) is 4. The minimum atomic E-state index is -3.39. The van der Waals surface area contributed by atoms with E-state index in [-0.39, 0.29) is 6.04 Å². The smallest absolute Gasteiger partial charge is 0.282 e. The number of hydrogen-bond donors (Lipinski definition) is 0. The normalized spacial score (nSPS) is 28.4. The Bertz CT molecular complexity index is 619. The van der Waals surface area contributed by atoms with Crippen molar-refractivity contribution in [1.82, 2.24) is 13.5 Å². The highest BCUT2D eigenvalue weighted by molar-refractivity contribution is 7.86. The van der Waals surface area contributed by atoms with Gasteiger partial charge >= 0.3 is 0 Å². The van der Waals surface area contributed by atoms with Gasteiger partial charge in [-0.2, -0.15) is 17.0 Å². The molecule has 23 heavy (non-hydrogen) atoms. The van der Waals surface area contributed by atoms with E-state index in [1.165, 1.54) is 12.8 Å². The lowest BCUT2D eigenvalue weighted by Crippen LogP contribution is -2.53. The first-order valence-corrected chi connectivity index (χ1v) is 10.1. The molecule has 0 spiro atoms. The van der Waals surface area contributed by atoms with Crippen LogP contribution >= 0.6 is 0 Å². The van der Waals surface area contributed by atoms with E-state index >= 15 is 0 Å². The third kappa shape index (κ3) is 3.20. The first-order chi connectivity index (χ1) is 11.1. The van der Waals surface area contributed by atoms with E-state index < -0.39 is 10.2 Å². The number of rotatable bonds is 5. The van der Waals surface area contributed by atoms with Gasteiger partial charge in [0.1, 0.15) is 5.76 Å². The maximum absolute atomic E-state index is 13.0. The Labute approximate surface area is 138 Å². The monoisotopic (exact) mass is 339 g/mol. The summed E-state index contributed by atoms with van der Waals surface area (Å²) in [5.41, 5.74) is 0. The zero-order chi connectivity index (χ0) is 15.9. The van der Waals surface area contributed by atoms with E-state index in [1.807, 2.05) is 12.1 Å². The van der Waals surface area contributed by atoms with Crippen molar-refractivity contribution in [2.24, 2.45) is 5.92 Å². The van der Waals surface area contributed by atoms with Gasteiger partial charge in [-0.15, -0.1) is 0 Å². The SMILES string of the molecule is O=S(=O)(N1CCN(CC2CC2)CC1)N1CCC[C@H]1c1ccco1. The zero-order valence-electron chi connectivity index (χ0n) is 13.4. The molecule has 0 aromatic carbocycles. The molecule has 1 atom stereocenters. The molecule has 2 aliphatic heterocycles.